The number of rotatable bonds is 9. The molecule has 7 rings (SSSR count). The van der Waals surface area contributed by atoms with E-state index in [1.165, 1.54) is 16.8 Å². The van der Waals surface area contributed by atoms with Crippen LogP contribution < -0.4 is 4.74 Å². The van der Waals surface area contributed by atoms with Gasteiger partial charge in [-0.1, -0.05) is 81.2 Å². The van der Waals surface area contributed by atoms with E-state index in [9.17, 15) is 0 Å². The van der Waals surface area contributed by atoms with Gasteiger partial charge < -0.3 is 9.30 Å². The van der Waals surface area contributed by atoms with Crippen LogP contribution in [0.1, 0.15) is 56.5 Å². The Balaban J connectivity index is 0.00000372. The van der Waals surface area contributed by atoms with Crippen LogP contribution in [0.5, 0.6) is 11.5 Å². The molecule has 0 atom stereocenters. The Labute approximate surface area is 284 Å². The zero-order valence-corrected chi connectivity index (χ0v) is 28.1. The Morgan fingerprint density at radius 3 is 2.39 bits per heavy atom. The molecule has 0 fully saturated rings. The zero-order chi connectivity index (χ0) is 30.9. The van der Waals surface area contributed by atoms with E-state index < -0.39 is 0 Å². The van der Waals surface area contributed by atoms with Gasteiger partial charge in [-0.05, 0) is 66.1 Å². The van der Waals surface area contributed by atoms with Gasteiger partial charge in [0.05, 0.1) is 5.69 Å². The van der Waals surface area contributed by atoms with Crippen molar-refractivity contribution in [1.29, 1.82) is 0 Å². The van der Waals surface area contributed by atoms with Crippen LogP contribution in [0.2, 0.25) is 0 Å². The molecule has 0 aliphatic rings. The summed E-state index contributed by atoms with van der Waals surface area (Å²) >= 11 is 0. The van der Waals surface area contributed by atoms with Crippen LogP contribution >= 0.6 is 0 Å². The summed E-state index contributed by atoms with van der Waals surface area (Å²) in [5.74, 6) is 2.37. The number of unbranched alkanes of at least 4 members (excludes halogenated alkanes) is 1. The smallest absolute Gasteiger partial charge is 0.509 e. The average molecular weight is 695 g/mol. The molecular weight excluding hydrogens is 659 g/mol. The number of aromatic nitrogens is 4. The van der Waals surface area contributed by atoms with Gasteiger partial charge in [0.25, 0.3) is 0 Å². The van der Waals surface area contributed by atoms with Crippen molar-refractivity contribution in [3.8, 4) is 34.1 Å². The maximum absolute atomic E-state index is 6.46. The van der Waals surface area contributed by atoms with Crippen LogP contribution in [-0.2, 0) is 26.8 Å². The first-order valence-electron chi connectivity index (χ1n) is 15.8. The maximum Gasteiger partial charge on any atom is 2.00 e. The third-order valence-electron chi connectivity index (χ3n) is 8.27. The molecule has 7 aromatic rings. The van der Waals surface area contributed by atoms with Crippen LogP contribution in [0.15, 0.2) is 103 Å². The molecule has 0 radical (unpaired) electrons. The molecule has 232 valence electrons. The molecule has 0 bridgehead atoms. The maximum atomic E-state index is 6.46. The summed E-state index contributed by atoms with van der Waals surface area (Å²) in [6, 6.07) is 40.3. The number of pyridine rings is 1. The molecule has 0 saturated heterocycles. The summed E-state index contributed by atoms with van der Waals surface area (Å²) in [4.78, 5) is 4.70. The summed E-state index contributed by atoms with van der Waals surface area (Å²) in [6.07, 6.45) is 4.97. The van der Waals surface area contributed by atoms with Crippen LogP contribution in [0.25, 0.3) is 44.4 Å². The summed E-state index contributed by atoms with van der Waals surface area (Å²) in [7, 11) is 0. The van der Waals surface area contributed by atoms with E-state index in [4.69, 9.17) is 14.8 Å². The largest absolute Gasteiger partial charge is 2.00 e. The van der Waals surface area contributed by atoms with Crippen molar-refractivity contribution in [2.75, 3.05) is 0 Å². The van der Waals surface area contributed by atoms with Crippen LogP contribution in [0, 0.1) is 19.1 Å². The number of para-hydroxylation sites is 1. The molecule has 0 N–H and O–H groups in total. The fraction of sp³-hybridized carbons (Fsp3) is 0.200. The quantitative estimate of drug-likeness (QED) is 0.112. The molecule has 6 heteroatoms. The fourth-order valence-corrected chi connectivity index (χ4v) is 6.12. The fourth-order valence-electron chi connectivity index (χ4n) is 6.12. The Morgan fingerprint density at radius 2 is 1.61 bits per heavy atom. The van der Waals surface area contributed by atoms with Gasteiger partial charge in [0.2, 0.25) is 0 Å². The molecule has 3 heterocycles. The topological polar surface area (TPSA) is 44.9 Å². The second-order valence-electron chi connectivity index (χ2n) is 11.9. The minimum Gasteiger partial charge on any atom is -0.509 e. The van der Waals surface area contributed by atoms with E-state index in [-0.39, 0.29) is 26.3 Å². The summed E-state index contributed by atoms with van der Waals surface area (Å²) in [6.45, 7) is 8.74. The van der Waals surface area contributed by atoms with Crippen molar-refractivity contribution >= 4 is 21.8 Å². The molecule has 5 nitrogen and oxygen atoms in total. The Bertz CT molecular complexity index is 2130. The Hall–Kier alpha value is -4.50. The number of aryl methyl sites for hydroxylation is 1. The molecule has 3 aromatic heterocycles. The van der Waals surface area contributed by atoms with Gasteiger partial charge in [-0.3, -0.25) is 4.68 Å². The minimum atomic E-state index is 0. The van der Waals surface area contributed by atoms with Crippen LogP contribution in [-0.4, -0.2) is 19.3 Å². The van der Waals surface area contributed by atoms with Crippen molar-refractivity contribution in [2.24, 2.45) is 0 Å². The van der Waals surface area contributed by atoms with Gasteiger partial charge >= 0.3 is 20.4 Å². The summed E-state index contributed by atoms with van der Waals surface area (Å²) in [5.41, 5.74) is 8.76. The molecule has 4 aromatic carbocycles. The standard InChI is InChI=1S/C40H36N4O.Pd/c1-5-6-18-36-39(29-13-8-7-9-14-29)40(27(2)3)42-44(36)30-15-12-16-31(25-30)45-32-20-21-34-33-17-10-11-19-35(33)43(37(34)26-32)38-24-28(4)22-23-41-38;/h7-17,19-24,27H,5-6,18H2,1-4H3;/q-2;+2. The summed E-state index contributed by atoms with van der Waals surface area (Å²) < 4.78 is 10.7. The van der Waals surface area contributed by atoms with Gasteiger partial charge in [0.1, 0.15) is 5.82 Å². The van der Waals surface area contributed by atoms with E-state index in [1.807, 2.05) is 30.5 Å². The van der Waals surface area contributed by atoms with E-state index in [0.717, 1.165) is 63.8 Å². The molecule has 0 amide bonds. The number of hydrogen-bond acceptors (Lipinski definition) is 3. The van der Waals surface area contributed by atoms with Crippen LogP contribution in [0.4, 0.5) is 0 Å². The molecule has 0 saturated carbocycles. The van der Waals surface area contributed by atoms with Crippen molar-refractivity contribution in [3.05, 3.63) is 132 Å². The van der Waals surface area contributed by atoms with Crippen molar-refractivity contribution in [2.45, 2.75) is 52.9 Å². The van der Waals surface area contributed by atoms with E-state index in [2.05, 4.69) is 122 Å². The number of benzene rings is 4. The number of ether oxygens (including phenoxy) is 1. The average Bonchev–Trinajstić information content (AvgIpc) is 3.60. The van der Waals surface area contributed by atoms with E-state index in [1.54, 1.807) is 0 Å². The number of fused-ring (bicyclic) bond motifs is 3. The molecule has 0 unspecified atom stereocenters. The Kier molecular flexibility index (Phi) is 9.22. The monoisotopic (exact) mass is 694 g/mol. The van der Waals surface area contributed by atoms with Gasteiger partial charge in [-0.2, -0.15) is 17.2 Å². The number of nitrogens with zero attached hydrogens (tertiary/aromatic N) is 4. The first kappa shape index (κ1) is 31.5. The summed E-state index contributed by atoms with van der Waals surface area (Å²) in [5, 5.41) is 7.44. The Morgan fingerprint density at radius 1 is 0.826 bits per heavy atom. The minimum absolute atomic E-state index is 0. The first-order valence-corrected chi connectivity index (χ1v) is 15.8. The molecule has 46 heavy (non-hydrogen) atoms. The predicted octanol–water partition coefficient (Wildman–Crippen LogP) is 10.2. The van der Waals surface area contributed by atoms with Crippen molar-refractivity contribution < 1.29 is 25.2 Å². The van der Waals surface area contributed by atoms with Gasteiger partial charge in [-0.25, -0.2) is 4.98 Å². The van der Waals surface area contributed by atoms with E-state index >= 15 is 0 Å². The third-order valence-corrected chi connectivity index (χ3v) is 8.27. The van der Waals surface area contributed by atoms with Gasteiger partial charge in [0.15, 0.2) is 0 Å². The second-order valence-corrected chi connectivity index (χ2v) is 11.9. The van der Waals surface area contributed by atoms with E-state index in [0.29, 0.717) is 11.5 Å². The van der Waals surface area contributed by atoms with Crippen molar-refractivity contribution in [1.82, 2.24) is 19.3 Å². The van der Waals surface area contributed by atoms with Gasteiger partial charge in [-0.15, -0.1) is 35.7 Å². The number of hydrogen-bond donors (Lipinski definition) is 0. The van der Waals surface area contributed by atoms with Gasteiger partial charge in [0, 0.05) is 34.5 Å². The zero-order valence-electron chi connectivity index (χ0n) is 26.5. The predicted molar refractivity (Wildman–Crippen MR) is 183 cm³/mol. The van der Waals surface area contributed by atoms with Crippen molar-refractivity contribution in [3.63, 3.8) is 0 Å². The molecule has 0 spiro atoms. The van der Waals surface area contributed by atoms with Crippen LogP contribution in [0.3, 0.4) is 0 Å². The normalized spacial score (nSPS) is 11.3. The molecule has 0 aliphatic heterocycles. The SMILES string of the molecule is CCCCc1c(-c2ccccc2)c(C(C)C)nn1-c1[c-]c(Oc2[c-]c3c(cc2)c2ccccc2n3-c2cc(C)ccn2)ccc1.[Pd+2]. The first-order chi connectivity index (χ1) is 22.0. The third kappa shape index (κ3) is 5.91. The molecular formula is C40H36N4OPd. The second kappa shape index (κ2) is 13.5. The molecule has 0 aliphatic carbocycles.